The van der Waals surface area contributed by atoms with Gasteiger partial charge in [-0.1, -0.05) is 6.07 Å². The summed E-state index contributed by atoms with van der Waals surface area (Å²) in [5.41, 5.74) is 0.951. The van der Waals surface area contributed by atoms with E-state index in [2.05, 4.69) is 15.0 Å². The van der Waals surface area contributed by atoms with E-state index >= 15 is 0 Å². The summed E-state index contributed by atoms with van der Waals surface area (Å²) in [6.45, 7) is 1.93. The lowest BCUT2D eigenvalue weighted by atomic mass is 9.85. The first-order valence-corrected chi connectivity index (χ1v) is 11.8. The zero-order valence-corrected chi connectivity index (χ0v) is 18.8. The molecule has 0 aliphatic heterocycles. The number of hydrogen-bond donors (Lipinski definition) is 2. The van der Waals surface area contributed by atoms with Gasteiger partial charge in [0.2, 0.25) is 15.9 Å². The van der Waals surface area contributed by atoms with E-state index in [1.54, 1.807) is 18.5 Å². The molecule has 0 spiro atoms. The molecule has 1 atom stereocenters. The van der Waals surface area contributed by atoms with Crippen LogP contribution in [0.4, 0.5) is 0 Å². The quantitative estimate of drug-likeness (QED) is 0.645. The number of sulfonamides is 1. The van der Waals surface area contributed by atoms with Gasteiger partial charge in [-0.05, 0) is 56.4 Å². The Labute approximate surface area is 183 Å². The predicted octanol–water partition coefficient (Wildman–Crippen LogP) is 2.81. The van der Waals surface area contributed by atoms with Crippen LogP contribution in [0.15, 0.2) is 47.6 Å². The average molecular weight is 448 g/mol. The highest BCUT2D eigenvalue weighted by Gasteiger charge is 2.30. The van der Waals surface area contributed by atoms with E-state index in [4.69, 9.17) is 9.47 Å². The Hall–Kier alpha value is -2.65. The van der Waals surface area contributed by atoms with Crippen LogP contribution in [0, 0.1) is 5.92 Å². The molecular formula is C22H29N3O5S. The van der Waals surface area contributed by atoms with Gasteiger partial charge in [-0.2, -0.15) is 0 Å². The molecule has 9 heteroatoms. The number of benzene rings is 1. The maximum absolute atomic E-state index is 12.8. The predicted molar refractivity (Wildman–Crippen MR) is 116 cm³/mol. The third-order valence-corrected chi connectivity index (χ3v) is 7.15. The fraction of sp³-hybridized carbons (Fsp3) is 0.455. The fourth-order valence-electron chi connectivity index (χ4n) is 3.79. The van der Waals surface area contributed by atoms with Crippen LogP contribution in [0.2, 0.25) is 0 Å². The van der Waals surface area contributed by atoms with Gasteiger partial charge in [-0.25, -0.2) is 13.1 Å². The number of methoxy groups -OCH3 is 2. The smallest absolute Gasteiger partial charge is 0.240 e. The topological polar surface area (TPSA) is 107 Å². The average Bonchev–Trinajstić information content (AvgIpc) is 2.79. The van der Waals surface area contributed by atoms with Gasteiger partial charge < -0.3 is 14.8 Å². The SMILES string of the molecule is COc1ccc(S(=O)(=O)NC2CCC(C(=O)NC(C)c3cccnc3)CC2)cc1OC. The van der Waals surface area contributed by atoms with E-state index in [1.165, 1.54) is 26.4 Å². The monoisotopic (exact) mass is 447 g/mol. The van der Waals surface area contributed by atoms with Crippen molar-refractivity contribution in [1.29, 1.82) is 0 Å². The van der Waals surface area contributed by atoms with E-state index in [9.17, 15) is 13.2 Å². The number of nitrogens with one attached hydrogen (secondary N) is 2. The summed E-state index contributed by atoms with van der Waals surface area (Å²) in [6.07, 6.45) is 5.90. The number of nitrogens with zero attached hydrogens (tertiary/aromatic N) is 1. The van der Waals surface area contributed by atoms with Gasteiger partial charge in [0.15, 0.2) is 11.5 Å². The van der Waals surface area contributed by atoms with Crippen molar-refractivity contribution in [2.24, 2.45) is 5.92 Å². The summed E-state index contributed by atoms with van der Waals surface area (Å²) in [5, 5.41) is 3.03. The molecule has 0 radical (unpaired) electrons. The first-order chi connectivity index (χ1) is 14.8. The van der Waals surface area contributed by atoms with Crippen LogP contribution < -0.4 is 19.5 Å². The maximum Gasteiger partial charge on any atom is 0.240 e. The highest BCUT2D eigenvalue weighted by molar-refractivity contribution is 7.89. The molecule has 1 amide bonds. The number of rotatable bonds is 8. The molecule has 8 nitrogen and oxygen atoms in total. The lowest BCUT2D eigenvalue weighted by molar-refractivity contribution is -0.126. The lowest BCUT2D eigenvalue weighted by Gasteiger charge is -2.29. The number of ether oxygens (including phenoxy) is 2. The Bertz CT molecular complexity index is 989. The molecule has 2 N–H and O–H groups in total. The zero-order valence-electron chi connectivity index (χ0n) is 18.0. The first-order valence-electron chi connectivity index (χ1n) is 10.3. The van der Waals surface area contributed by atoms with Crippen LogP contribution >= 0.6 is 0 Å². The van der Waals surface area contributed by atoms with Crippen molar-refractivity contribution in [3.63, 3.8) is 0 Å². The molecule has 1 unspecified atom stereocenters. The van der Waals surface area contributed by atoms with Crippen molar-refractivity contribution in [1.82, 2.24) is 15.0 Å². The van der Waals surface area contributed by atoms with Crippen LogP contribution in [0.1, 0.15) is 44.2 Å². The van der Waals surface area contributed by atoms with Crippen molar-refractivity contribution >= 4 is 15.9 Å². The Kier molecular flexibility index (Phi) is 7.50. The molecule has 1 aliphatic rings. The van der Waals surface area contributed by atoms with Gasteiger partial charge in [0.05, 0.1) is 25.2 Å². The third kappa shape index (κ3) is 5.74. The van der Waals surface area contributed by atoms with Crippen LogP contribution in [0.3, 0.4) is 0 Å². The lowest BCUT2D eigenvalue weighted by Crippen LogP contribution is -2.41. The number of pyridine rings is 1. The molecule has 1 heterocycles. The molecule has 1 saturated carbocycles. The molecule has 2 aromatic rings. The van der Waals surface area contributed by atoms with Gasteiger partial charge in [0.25, 0.3) is 0 Å². The minimum Gasteiger partial charge on any atom is -0.493 e. The van der Waals surface area contributed by atoms with Crippen molar-refractivity contribution in [3.05, 3.63) is 48.3 Å². The van der Waals surface area contributed by atoms with Gasteiger partial charge in [-0.3, -0.25) is 9.78 Å². The van der Waals surface area contributed by atoms with E-state index in [0.717, 1.165) is 5.56 Å². The van der Waals surface area contributed by atoms with Gasteiger partial charge in [0, 0.05) is 30.4 Å². The molecule has 31 heavy (non-hydrogen) atoms. The molecule has 1 aliphatic carbocycles. The van der Waals surface area contributed by atoms with Gasteiger partial charge in [-0.15, -0.1) is 0 Å². The summed E-state index contributed by atoms with van der Waals surface area (Å²) < 4.78 is 38.7. The second-order valence-corrected chi connectivity index (χ2v) is 9.42. The molecule has 0 bridgehead atoms. The number of carbonyl (C=O) groups is 1. The number of carbonyl (C=O) groups excluding carboxylic acids is 1. The summed E-state index contributed by atoms with van der Waals surface area (Å²) in [5.74, 6) is 0.695. The molecule has 1 fully saturated rings. The highest BCUT2D eigenvalue weighted by atomic mass is 32.2. The van der Waals surface area contributed by atoms with Crippen LogP contribution in [-0.4, -0.2) is 39.6 Å². The number of aromatic nitrogens is 1. The van der Waals surface area contributed by atoms with E-state index in [-0.39, 0.29) is 28.8 Å². The minimum absolute atomic E-state index is 0.00227. The van der Waals surface area contributed by atoms with Gasteiger partial charge >= 0.3 is 0 Å². The van der Waals surface area contributed by atoms with E-state index in [1.807, 2.05) is 19.1 Å². The third-order valence-electron chi connectivity index (χ3n) is 5.63. The number of hydrogen-bond acceptors (Lipinski definition) is 6. The van der Waals surface area contributed by atoms with Crippen LogP contribution in [-0.2, 0) is 14.8 Å². The minimum atomic E-state index is -3.70. The molecule has 3 rings (SSSR count). The molecular weight excluding hydrogens is 418 g/mol. The summed E-state index contributed by atoms with van der Waals surface area (Å²) in [7, 11) is -0.745. The van der Waals surface area contributed by atoms with Gasteiger partial charge in [0.1, 0.15) is 0 Å². The summed E-state index contributed by atoms with van der Waals surface area (Å²) >= 11 is 0. The Morgan fingerprint density at radius 2 is 1.81 bits per heavy atom. The Morgan fingerprint density at radius 1 is 1.10 bits per heavy atom. The normalized spacial score (nSPS) is 20.0. The molecule has 0 saturated heterocycles. The summed E-state index contributed by atoms with van der Waals surface area (Å²) in [6, 6.07) is 7.94. The van der Waals surface area contributed by atoms with Crippen molar-refractivity contribution in [2.45, 2.75) is 49.6 Å². The van der Waals surface area contributed by atoms with E-state index < -0.39 is 10.0 Å². The van der Waals surface area contributed by atoms with E-state index in [0.29, 0.717) is 37.2 Å². The molecule has 1 aromatic carbocycles. The standard InChI is InChI=1S/C22H29N3O5S/c1-15(17-5-4-12-23-14-17)24-22(26)16-6-8-18(9-7-16)25-31(27,28)19-10-11-20(29-2)21(13-19)30-3/h4-5,10-16,18,25H,6-9H2,1-3H3,(H,24,26). The summed E-state index contributed by atoms with van der Waals surface area (Å²) in [4.78, 5) is 16.8. The largest absolute Gasteiger partial charge is 0.493 e. The van der Waals surface area contributed by atoms with Crippen molar-refractivity contribution in [2.75, 3.05) is 14.2 Å². The van der Waals surface area contributed by atoms with Crippen LogP contribution in [0.25, 0.3) is 0 Å². The second-order valence-electron chi connectivity index (χ2n) is 7.70. The Morgan fingerprint density at radius 3 is 2.42 bits per heavy atom. The van der Waals surface area contributed by atoms with Crippen molar-refractivity contribution in [3.8, 4) is 11.5 Å². The Balaban J connectivity index is 1.55. The van der Waals surface area contributed by atoms with Crippen LogP contribution in [0.5, 0.6) is 11.5 Å². The number of amides is 1. The van der Waals surface area contributed by atoms with Crippen molar-refractivity contribution < 1.29 is 22.7 Å². The molecule has 1 aromatic heterocycles. The maximum atomic E-state index is 12.8. The fourth-order valence-corrected chi connectivity index (χ4v) is 5.11. The molecule has 168 valence electrons. The highest BCUT2D eigenvalue weighted by Crippen LogP contribution is 2.31. The first kappa shape index (κ1) is 23.0. The zero-order chi connectivity index (χ0) is 22.4. The second kappa shape index (κ2) is 10.1.